The zero-order valence-electron chi connectivity index (χ0n) is 16.9. The summed E-state index contributed by atoms with van der Waals surface area (Å²) >= 11 is 0. The molecule has 1 N–H and O–H groups in total. The molecule has 0 aliphatic carbocycles. The van der Waals surface area contributed by atoms with E-state index < -0.39 is 0 Å². The van der Waals surface area contributed by atoms with Gasteiger partial charge in [-0.1, -0.05) is 42.5 Å². The number of aryl methyl sites for hydroxylation is 1. The van der Waals surface area contributed by atoms with Crippen molar-refractivity contribution in [1.29, 1.82) is 0 Å². The van der Waals surface area contributed by atoms with Gasteiger partial charge in [0.15, 0.2) is 5.65 Å². The first-order valence-corrected chi connectivity index (χ1v) is 10.0. The van der Waals surface area contributed by atoms with Crippen molar-refractivity contribution >= 4 is 5.65 Å². The Morgan fingerprint density at radius 1 is 0.903 bits per heavy atom. The summed E-state index contributed by atoms with van der Waals surface area (Å²) in [6, 6.07) is 20.1. The molecule has 0 unspecified atom stereocenters. The number of furan rings is 1. The predicted octanol–water partition coefficient (Wildman–Crippen LogP) is 5.32. The van der Waals surface area contributed by atoms with Crippen LogP contribution in [0.5, 0.6) is 5.88 Å². The Morgan fingerprint density at radius 2 is 1.68 bits per heavy atom. The standard InChI is InChI=1S/C25H20FN3O2/c1-16-11-12-18(31-16)14-22-25(30)29-15-23(19-9-5-6-10-20(19)26)27-21(24(29)28-22)13-17-7-3-2-4-8-17/h2-12,15,30H,13-14H2,1H3. The SMILES string of the molecule is Cc1ccc(Cc2nc3c(Cc4ccccc4)nc(-c4ccccc4F)cn3c2O)o1. The molecule has 5 nitrogen and oxygen atoms in total. The van der Waals surface area contributed by atoms with Crippen LogP contribution in [0.2, 0.25) is 0 Å². The van der Waals surface area contributed by atoms with Gasteiger partial charge in [0.05, 0.1) is 17.8 Å². The molecule has 0 saturated heterocycles. The molecule has 31 heavy (non-hydrogen) atoms. The maximum atomic E-state index is 14.5. The summed E-state index contributed by atoms with van der Waals surface area (Å²) in [6.45, 7) is 1.87. The van der Waals surface area contributed by atoms with Gasteiger partial charge in [0, 0.05) is 18.2 Å². The van der Waals surface area contributed by atoms with Gasteiger partial charge < -0.3 is 9.52 Å². The Labute approximate surface area is 178 Å². The van der Waals surface area contributed by atoms with Crippen molar-refractivity contribution in [1.82, 2.24) is 14.4 Å². The Kier molecular flexibility index (Phi) is 4.75. The third kappa shape index (κ3) is 3.68. The average Bonchev–Trinajstić information content (AvgIpc) is 3.32. The van der Waals surface area contributed by atoms with E-state index in [1.807, 2.05) is 49.4 Å². The van der Waals surface area contributed by atoms with Gasteiger partial charge in [0.2, 0.25) is 5.88 Å². The van der Waals surface area contributed by atoms with E-state index in [9.17, 15) is 9.50 Å². The summed E-state index contributed by atoms with van der Waals surface area (Å²) in [5, 5.41) is 10.9. The van der Waals surface area contributed by atoms with Crippen LogP contribution in [0.1, 0.15) is 28.5 Å². The summed E-state index contributed by atoms with van der Waals surface area (Å²) in [4.78, 5) is 9.40. The minimum atomic E-state index is -0.370. The molecule has 2 aromatic carbocycles. The molecule has 0 aliphatic heterocycles. The Bertz CT molecular complexity index is 1370. The fourth-order valence-electron chi connectivity index (χ4n) is 3.71. The second kappa shape index (κ2) is 7.72. The maximum absolute atomic E-state index is 14.5. The molecule has 0 aliphatic rings. The number of aromatic nitrogens is 3. The minimum absolute atomic E-state index is 0.00152. The van der Waals surface area contributed by atoms with Gasteiger partial charge in [-0.25, -0.2) is 14.4 Å². The number of fused-ring (bicyclic) bond motifs is 1. The van der Waals surface area contributed by atoms with Crippen molar-refractivity contribution < 1.29 is 13.9 Å². The topological polar surface area (TPSA) is 63.6 Å². The monoisotopic (exact) mass is 413 g/mol. The van der Waals surface area contributed by atoms with Crippen molar-refractivity contribution in [3.63, 3.8) is 0 Å². The zero-order chi connectivity index (χ0) is 21.4. The van der Waals surface area contributed by atoms with E-state index in [-0.39, 0.29) is 11.7 Å². The van der Waals surface area contributed by atoms with E-state index in [1.54, 1.807) is 28.8 Å². The first-order chi connectivity index (χ1) is 15.1. The number of halogens is 1. The fourth-order valence-corrected chi connectivity index (χ4v) is 3.71. The van der Waals surface area contributed by atoms with Gasteiger partial charge in [0.1, 0.15) is 23.0 Å². The smallest absolute Gasteiger partial charge is 0.219 e. The van der Waals surface area contributed by atoms with Crippen LogP contribution in [0.4, 0.5) is 4.39 Å². The quantitative estimate of drug-likeness (QED) is 0.423. The van der Waals surface area contributed by atoms with Gasteiger partial charge in [-0.15, -0.1) is 0 Å². The summed E-state index contributed by atoms with van der Waals surface area (Å²) < 4.78 is 21.7. The molecular weight excluding hydrogens is 393 g/mol. The number of hydrogen-bond acceptors (Lipinski definition) is 4. The first kappa shape index (κ1) is 19.1. The molecule has 0 fully saturated rings. The second-order valence-electron chi connectivity index (χ2n) is 7.48. The number of imidazole rings is 1. The molecule has 3 heterocycles. The molecule has 154 valence electrons. The highest BCUT2D eigenvalue weighted by Gasteiger charge is 2.19. The van der Waals surface area contributed by atoms with Crippen molar-refractivity contribution in [2.75, 3.05) is 0 Å². The number of aromatic hydroxyl groups is 1. The highest BCUT2D eigenvalue weighted by molar-refractivity contribution is 5.63. The molecule has 5 aromatic rings. The van der Waals surface area contributed by atoms with Gasteiger partial charge in [0.25, 0.3) is 0 Å². The number of nitrogens with zero attached hydrogens (tertiary/aromatic N) is 3. The van der Waals surface area contributed by atoms with E-state index in [2.05, 4.69) is 4.98 Å². The predicted molar refractivity (Wildman–Crippen MR) is 116 cm³/mol. The largest absolute Gasteiger partial charge is 0.493 e. The number of rotatable bonds is 5. The molecule has 0 saturated carbocycles. The van der Waals surface area contributed by atoms with Gasteiger partial charge >= 0.3 is 0 Å². The molecule has 0 spiro atoms. The molecule has 6 heteroatoms. The molecule has 0 amide bonds. The second-order valence-corrected chi connectivity index (χ2v) is 7.48. The fraction of sp³-hybridized carbons (Fsp3) is 0.120. The lowest BCUT2D eigenvalue weighted by molar-refractivity contribution is 0.436. The Hall–Kier alpha value is -3.93. The lowest BCUT2D eigenvalue weighted by atomic mass is 10.1. The Balaban J connectivity index is 1.67. The average molecular weight is 413 g/mol. The minimum Gasteiger partial charge on any atom is -0.493 e. The van der Waals surface area contributed by atoms with E-state index in [0.717, 1.165) is 11.3 Å². The lowest BCUT2D eigenvalue weighted by Gasteiger charge is -2.09. The molecule has 0 radical (unpaired) electrons. The maximum Gasteiger partial charge on any atom is 0.219 e. The van der Waals surface area contributed by atoms with E-state index >= 15 is 0 Å². The summed E-state index contributed by atoms with van der Waals surface area (Å²) in [5.74, 6) is 1.14. The van der Waals surface area contributed by atoms with Crippen LogP contribution in [0, 0.1) is 12.7 Å². The third-order valence-corrected chi connectivity index (χ3v) is 5.22. The van der Waals surface area contributed by atoms with E-state index in [0.29, 0.717) is 46.9 Å². The highest BCUT2D eigenvalue weighted by atomic mass is 19.1. The van der Waals surface area contributed by atoms with E-state index in [4.69, 9.17) is 9.40 Å². The molecule has 3 aromatic heterocycles. The first-order valence-electron chi connectivity index (χ1n) is 10.0. The van der Waals surface area contributed by atoms with Crippen LogP contribution >= 0.6 is 0 Å². The van der Waals surface area contributed by atoms with Crippen LogP contribution < -0.4 is 0 Å². The number of benzene rings is 2. The van der Waals surface area contributed by atoms with Crippen LogP contribution in [0.3, 0.4) is 0 Å². The van der Waals surface area contributed by atoms with Crippen LogP contribution in [-0.4, -0.2) is 19.5 Å². The highest BCUT2D eigenvalue weighted by Crippen LogP contribution is 2.29. The van der Waals surface area contributed by atoms with Crippen LogP contribution in [-0.2, 0) is 12.8 Å². The molecular formula is C25H20FN3O2. The summed E-state index contributed by atoms with van der Waals surface area (Å²) in [5.41, 5.74) is 3.54. The van der Waals surface area contributed by atoms with Crippen molar-refractivity contribution in [2.24, 2.45) is 0 Å². The lowest BCUT2D eigenvalue weighted by Crippen LogP contribution is -2.01. The molecule has 5 rings (SSSR count). The van der Waals surface area contributed by atoms with Gasteiger partial charge in [-0.3, -0.25) is 4.40 Å². The molecule has 0 bridgehead atoms. The molecule has 0 atom stereocenters. The van der Waals surface area contributed by atoms with Crippen LogP contribution in [0.25, 0.3) is 16.9 Å². The van der Waals surface area contributed by atoms with Crippen LogP contribution in [0.15, 0.2) is 77.3 Å². The number of hydrogen-bond donors (Lipinski definition) is 1. The summed E-state index contributed by atoms with van der Waals surface area (Å²) in [6.07, 6.45) is 2.48. The van der Waals surface area contributed by atoms with Crippen molar-refractivity contribution in [3.8, 4) is 17.1 Å². The third-order valence-electron chi connectivity index (χ3n) is 5.22. The Morgan fingerprint density at radius 3 is 2.42 bits per heavy atom. The summed E-state index contributed by atoms with van der Waals surface area (Å²) in [7, 11) is 0. The van der Waals surface area contributed by atoms with Crippen molar-refractivity contribution in [3.05, 3.63) is 107 Å². The van der Waals surface area contributed by atoms with Crippen molar-refractivity contribution in [2.45, 2.75) is 19.8 Å². The zero-order valence-corrected chi connectivity index (χ0v) is 16.9. The van der Waals surface area contributed by atoms with Gasteiger partial charge in [-0.05, 0) is 36.8 Å². The van der Waals surface area contributed by atoms with Gasteiger partial charge in [-0.2, -0.15) is 0 Å². The van der Waals surface area contributed by atoms with E-state index in [1.165, 1.54) is 6.07 Å². The normalized spacial score (nSPS) is 11.3.